The fraction of sp³-hybridized carbons (Fsp3) is 0.500. The van der Waals surface area contributed by atoms with Crippen LogP contribution >= 0.6 is 15.9 Å². The number of nitrogens with one attached hydrogen (secondary N) is 1. The molecule has 0 radical (unpaired) electrons. The third-order valence-electron chi connectivity index (χ3n) is 2.61. The molecule has 0 aliphatic carbocycles. The van der Waals surface area contributed by atoms with Crippen molar-refractivity contribution in [3.05, 3.63) is 28.2 Å². The highest BCUT2D eigenvalue weighted by molar-refractivity contribution is 9.10. The summed E-state index contributed by atoms with van der Waals surface area (Å²) in [5, 5.41) is 3.47. The first kappa shape index (κ1) is 11.6. The van der Waals surface area contributed by atoms with Gasteiger partial charge in [0.05, 0.1) is 0 Å². The Bertz CT molecular complexity index is 296. The predicted molar refractivity (Wildman–Crippen MR) is 66.8 cm³/mol. The lowest BCUT2D eigenvalue weighted by Gasteiger charge is -2.14. The zero-order valence-electron chi connectivity index (χ0n) is 9.10. The molecule has 0 amide bonds. The molecule has 0 bridgehead atoms. The van der Waals surface area contributed by atoms with Crippen LogP contribution in [0.15, 0.2) is 22.7 Å². The summed E-state index contributed by atoms with van der Waals surface area (Å²) in [7, 11) is 0. The molecular weight excluding hydrogens is 238 g/mol. The summed E-state index contributed by atoms with van der Waals surface area (Å²) in [5.41, 5.74) is 2.52. The summed E-state index contributed by atoms with van der Waals surface area (Å²) in [6.45, 7) is 7.66. The van der Waals surface area contributed by atoms with Crippen LogP contribution < -0.4 is 5.32 Å². The third kappa shape index (κ3) is 3.02. The van der Waals surface area contributed by atoms with Gasteiger partial charge in [-0.25, -0.2) is 0 Å². The maximum absolute atomic E-state index is 3.53. The molecule has 2 heteroatoms. The van der Waals surface area contributed by atoms with E-state index < -0.39 is 0 Å². The van der Waals surface area contributed by atoms with Gasteiger partial charge in [0.25, 0.3) is 0 Å². The number of benzene rings is 1. The van der Waals surface area contributed by atoms with Gasteiger partial charge in [0, 0.05) is 16.7 Å². The minimum atomic E-state index is 0.730. The summed E-state index contributed by atoms with van der Waals surface area (Å²) in [6.07, 6.45) is 1.22. The molecule has 1 atom stereocenters. The summed E-state index contributed by atoms with van der Waals surface area (Å²) < 4.78 is 1.17. The zero-order chi connectivity index (χ0) is 10.6. The second kappa shape index (κ2) is 5.40. The molecule has 0 spiro atoms. The van der Waals surface area contributed by atoms with E-state index in [4.69, 9.17) is 0 Å². The second-order valence-corrected chi connectivity index (χ2v) is 4.66. The Kier molecular flexibility index (Phi) is 4.46. The molecule has 78 valence electrons. The Balaban J connectivity index is 2.63. The van der Waals surface area contributed by atoms with Crippen molar-refractivity contribution in [3.8, 4) is 0 Å². The summed E-state index contributed by atoms with van der Waals surface area (Å²) in [4.78, 5) is 0. The van der Waals surface area contributed by atoms with E-state index >= 15 is 0 Å². The van der Waals surface area contributed by atoms with Crippen LogP contribution in [-0.4, -0.2) is 6.54 Å². The normalized spacial score (nSPS) is 12.6. The molecule has 0 fully saturated rings. The van der Waals surface area contributed by atoms with Crippen molar-refractivity contribution in [3.63, 3.8) is 0 Å². The zero-order valence-corrected chi connectivity index (χ0v) is 10.7. The fourth-order valence-corrected chi connectivity index (χ4v) is 1.59. The average molecular weight is 256 g/mol. The van der Waals surface area contributed by atoms with E-state index in [1.165, 1.54) is 22.1 Å². The summed E-state index contributed by atoms with van der Waals surface area (Å²) in [6, 6.07) is 6.27. The number of anilines is 1. The smallest absolute Gasteiger partial charge is 0.0381 e. The largest absolute Gasteiger partial charge is 0.385 e. The molecule has 1 N–H and O–H groups in total. The lowest BCUT2D eigenvalue weighted by molar-refractivity contribution is 0.593. The van der Waals surface area contributed by atoms with Gasteiger partial charge in [-0.15, -0.1) is 0 Å². The van der Waals surface area contributed by atoms with Crippen molar-refractivity contribution in [2.45, 2.75) is 27.2 Å². The lowest BCUT2D eigenvalue weighted by Crippen LogP contribution is -2.10. The fourth-order valence-electron chi connectivity index (χ4n) is 1.23. The van der Waals surface area contributed by atoms with Crippen LogP contribution in [0.5, 0.6) is 0 Å². The molecule has 0 saturated heterocycles. The van der Waals surface area contributed by atoms with Gasteiger partial charge in [0.1, 0.15) is 0 Å². The van der Waals surface area contributed by atoms with Gasteiger partial charge in [-0.1, -0.05) is 42.3 Å². The highest BCUT2D eigenvalue weighted by Gasteiger charge is 2.02. The topological polar surface area (TPSA) is 12.0 Å². The molecule has 1 nitrogen and oxygen atoms in total. The second-order valence-electron chi connectivity index (χ2n) is 3.81. The van der Waals surface area contributed by atoms with Crippen LogP contribution in [0.25, 0.3) is 0 Å². The Morgan fingerprint density at radius 1 is 1.43 bits per heavy atom. The molecule has 0 aliphatic heterocycles. The Labute approximate surface area is 95.0 Å². The Morgan fingerprint density at radius 2 is 2.14 bits per heavy atom. The van der Waals surface area contributed by atoms with Crippen molar-refractivity contribution in [2.24, 2.45) is 5.92 Å². The standard InChI is InChI=1S/C12H18BrN/c1-4-9(2)8-14-12-7-5-6-11(13)10(12)3/h5-7,9,14H,4,8H2,1-3H3. The first-order valence-electron chi connectivity index (χ1n) is 5.14. The van der Waals surface area contributed by atoms with Crippen molar-refractivity contribution in [1.82, 2.24) is 0 Å². The van der Waals surface area contributed by atoms with E-state index in [1.807, 2.05) is 0 Å². The lowest BCUT2D eigenvalue weighted by atomic mass is 10.1. The minimum absolute atomic E-state index is 0.730. The van der Waals surface area contributed by atoms with E-state index in [0.717, 1.165) is 12.5 Å². The van der Waals surface area contributed by atoms with Crippen molar-refractivity contribution in [1.29, 1.82) is 0 Å². The average Bonchev–Trinajstić information content (AvgIpc) is 2.20. The molecule has 14 heavy (non-hydrogen) atoms. The van der Waals surface area contributed by atoms with Gasteiger partial charge in [0.2, 0.25) is 0 Å². The summed E-state index contributed by atoms with van der Waals surface area (Å²) in [5.74, 6) is 0.730. The van der Waals surface area contributed by atoms with Gasteiger partial charge in [-0.2, -0.15) is 0 Å². The molecular formula is C12H18BrN. The molecule has 0 saturated carbocycles. The predicted octanol–water partition coefficient (Wildman–Crippen LogP) is 4.22. The Hall–Kier alpha value is -0.500. The van der Waals surface area contributed by atoms with Crippen LogP contribution in [0.2, 0.25) is 0 Å². The van der Waals surface area contributed by atoms with Crippen molar-refractivity contribution >= 4 is 21.6 Å². The minimum Gasteiger partial charge on any atom is -0.385 e. The molecule has 0 heterocycles. The van der Waals surface area contributed by atoms with Crippen LogP contribution in [0.3, 0.4) is 0 Å². The highest BCUT2D eigenvalue weighted by atomic mass is 79.9. The molecule has 1 aromatic carbocycles. The molecule has 0 aliphatic rings. The first-order chi connectivity index (χ1) is 6.65. The van der Waals surface area contributed by atoms with Gasteiger partial charge in [0.15, 0.2) is 0 Å². The first-order valence-corrected chi connectivity index (χ1v) is 5.93. The monoisotopic (exact) mass is 255 g/mol. The van der Waals surface area contributed by atoms with Crippen LogP contribution in [0.1, 0.15) is 25.8 Å². The number of hydrogen-bond acceptors (Lipinski definition) is 1. The van der Waals surface area contributed by atoms with Gasteiger partial charge in [-0.3, -0.25) is 0 Å². The SMILES string of the molecule is CCC(C)CNc1cccc(Br)c1C. The van der Waals surface area contributed by atoms with E-state index in [-0.39, 0.29) is 0 Å². The maximum Gasteiger partial charge on any atom is 0.0381 e. The quantitative estimate of drug-likeness (QED) is 0.850. The van der Waals surface area contributed by atoms with Crippen LogP contribution in [-0.2, 0) is 0 Å². The van der Waals surface area contributed by atoms with Gasteiger partial charge in [-0.05, 0) is 30.5 Å². The van der Waals surface area contributed by atoms with Gasteiger partial charge >= 0.3 is 0 Å². The summed E-state index contributed by atoms with van der Waals surface area (Å²) >= 11 is 3.53. The van der Waals surface area contributed by atoms with E-state index in [2.05, 4.69) is 60.2 Å². The Morgan fingerprint density at radius 3 is 2.79 bits per heavy atom. The maximum atomic E-state index is 3.53. The molecule has 1 aromatic rings. The third-order valence-corrected chi connectivity index (χ3v) is 3.46. The van der Waals surface area contributed by atoms with Crippen LogP contribution in [0, 0.1) is 12.8 Å². The molecule has 1 rings (SSSR count). The van der Waals surface area contributed by atoms with E-state index in [1.54, 1.807) is 0 Å². The highest BCUT2D eigenvalue weighted by Crippen LogP contribution is 2.23. The van der Waals surface area contributed by atoms with Gasteiger partial charge < -0.3 is 5.32 Å². The molecule has 0 aromatic heterocycles. The van der Waals surface area contributed by atoms with Crippen LogP contribution in [0.4, 0.5) is 5.69 Å². The molecule has 1 unspecified atom stereocenters. The number of hydrogen-bond donors (Lipinski definition) is 1. The van der Waals surface area contributed by atoms with E-state index in [9.17, 15) is 0 Å². The van der Waals surface area contributed by atoms with Crippen molar-refractivity contribution in [2.75, 3.05) is 11.9 Å². The van der Waals surface area contributed by atoms with E-state index in [0.29, 0.717) is 0 Å². The number of rotatable bonds is 4. The number of halogens is 1. The van der Waals surface area contributed by atoms with Crippen molar-refractivity contribution < 1.29 is 0 Å².